The molecular weight excluding hydrogens is 284 g/mol. The first-order valence-corrected chi connectivity index (χ1v) is 6.61. The van der Waals surface area contributed by atoms with E-state index in [2.05, 4.69) is 0 Å². The Morgan fingerprint density at radius 3 is 1.41 bits per heavy atom. The van der Waals surface area contributed by atoms with Crippen molar-refractivity contribution in [2.45, 2.75) is 6.10 Å². The molecule has 1 aliphatic heterocycles. The van der Waals surface area contributed by atoms with Gasteiger partial charge in [-0.3, -0.25) is 9.59 Å². The molecule has 0 aliphatic carbocycles. The van der Waals surface area contributed by atoms with Crippen LogP contribution in [0.25, 0.3) is 0 Å². The van der Waals surface area contributed by atoms with Gasteiger partial charge in [0.05, 0.1) is 11.4 Å². The summed E-state index contributed by atoms with van der Waals surface area (Å²) in [5.41, 5.74) is 0.593. The fraction of sp³-hybridized carbons (Fsp3) is 0.0625. The normalized spacial score (nSPS) is 16.3. The molecule has 0 atom stereocenters. The van der Waals surface area contributed by atoms with Gasteiger partial charge in [0.25, 0.3) is 11.8 Å². The summed E-state index contributed by atoms with van der Waals surface area (Å²) < 4.78 is 0. The molecule has 22 heavy (non-hydrogen) atoms. The predicted octanol–water partition coefficient (Wildman–Crippen LogP) is 1.55. The molecule has 1 aliphatic rings. The van der Waals surface area contributed by atoms with Crippen LogP contribution in [-0.2, 0) is 9.59 Å². The Labute approximate surface area is 126 Å². The number of benzene rings is 2. The molecular formula is C16H12N2O4. The van der Waals surface area contributed by atoms with Gasteiger partial charge in [0.15, 0.2) is 0 Å². The number of carbonyl (C=O) groups excluding carboxylic acids is 3. The van der Waals surface area contributed by atoms with Crippen molar-refractivity contribution >= 4 is 29.2 Å². The largest absolute Gasteiger partial charge is 0.375 e. The molecule has 2 aromatic rings. The standard InChI is InChI=1S/C16H12N2O4/c19-13-14(20)17(11-7-3-1-4-8-11)16(22)18(15(13)21)12-9-5-2-6-10-12/h1-10,13,19H. The third kappa shape index (κ3) is 2.15. The number of aliphatic hydroxyl groups excluding tert-OH is 1. The number of nitrogens with zero attached hydrogens (tertiary/aromatic N) is 2. The molecule has 0 radical (unpaired) electrons. The van der Waals surface area contributed by atoms with E-state index in [1.165, 1.54) is 0 Å². The average Bonchev–Trinajstić information content (AvgIpc) is 2.55. The molecule has 0 unspecified atom stereocenters. The van der Waals surface area contributed by atoms with Gasteiger partial charge in [0, 0.05) is 0 Å². The van der Waals surface area contributed by atoms with E-state index in [9.17, 15) is 19.5 Å². The second-order valence-electron chi connectivity index (χ2n) is 4.70. The molecule has 1 saturated heterocycles. The Morgan fingerprint density at radius 1 is 0.682 bits per heavy atom. The highest BCUT2D eigenvalue weighted by Crippen LogP contribution is 2.26. The lowest BCUT2D eigenvalue weighted by Gasteiger charge is -2.34. The number of urea groups is 1. The Balaban J connectivity index is 2.07. The quantitative estimate of drug-likeness (QED) is 0.853. The molecule has 2 aromatic carbocycles. The van der Waals surface area contributed by atoms with E-state index in [1.54, 1.807) is 60.7 Å². The summed E-state index contributed by atoms with van der Waals surface area (Å²) in [6.45, 7) is 0. The van der Waals surface area contributed by atoms with Gasteiger partial charge < -0.3 is 5.11 Å². The van der Waals surface area contributed by atoms with E-state index in [4.69, 9.17) is 0 Å². The molecule has 6 nitrogen and oxygen atoms in total. The van der Waals surface area contributed by atoms with E-state index >= 15 is 0 Å². The Kier molecular flexibility index (Phi) is 3.44. The summed E-state index contributed by atoms with van der Waals surface area (Å²) >= 11 is 0. The molecule has 1 N–H and O–H groups in total. The number of rotatable bonds is 2. The SMILES string of the molecule is O=C1C(O)C(=O)N(c2ccccc2)C(=O)N1c1ccccc1. The van der Waals surface area contributed by atoms with Crippen molar-refractivity contribution in [2.75, 3.05) is 9.80 Å². The van der Waals surface area contributed by atoms with Crippen LogP contribution in [0.5, 0.6) is 0 Å². The Morgan fingerprint density at radius 2 is 1.05 bits per heavy atom. The van der Waals surface area contributed by atoms with Crippen LogP contribution in [-0.4, -0.2) is 29.1 Å². The third-order valence-electron chi connectivity index (χ3n) is 3.32. The monoisotopic (exact) mass is 296 g/mol. The van der Waals surface area contributed by atoms with Gasteiger partial charge in [-0.25, -0.2) is 14.6 Å². The lowest BCUT2D eigenvalue weighted by atomic mass is 10.1. The summed E-state index contributed by atoms with van der Waals surface area (Å²) in [6.07, 6.45) is -1.90. The predicted molar refractivity (Wildman–Crippen MR) is 79.3 cm³/mol. The number of imide groups is 2. The van der Waals surface area contributed by atoms with Gasteiger partial charge in [-0.1, -0.05) is 36.4 Å². The zero-order chi connectivity index (χ0) is 15.7. The molecule has 1 heterocycles. The Bertz CT molecular complexity index is 669. The maximum atomic E-state index is 12.6. The van der Waals surface area contributed by atoms with Gasteiger partial charge in [-0.2, -0.15) is 0 Å². The average molecular weight is 296 g/mol. The molecule has 3 rings (SSSR count). The maximum Gasteiger partial charge on any atom is 0.342 e. The number of carbonyl (C=O) groups is 3. The number of hydrogen-bond acceptors (Lipinski definition) is 4. The first-order valence-electron chi connectivity index (χ1n) is 6.61. The molecule has 0 aromatic heterocycles. The number of amides is 4. The van der Waals surface area contributed by atoms with Crippen molar-refractivity contribution in [1.82, 2.24) is 0 Å². The van der Waals surface area contributed by atoms with Crippen LogP contribution in [0.15, 0.2) is 60.7 Å². The molecule has 0 saturated carbocycles. The highest BCUT2D eigenvalue weighted by Gasteiger charge is 2.46. The summed E-state index contributed by atoms with van der Waals surface area (Å²) in [5, 5.41) is 9.89. The fourth-order valence-corrected chi connectivity index (χ4v) is 2.27. The summed E-state index contributed by atoms with van der Waals surface area (Å²) in [6, 6.07) is 15.5. The van der Waals surface area contributed by atoms with E-state index in [0.29, 0.717) is 11.4 Å². The number of barbiturate groups is 1. The summed E-state index contributed by atoms with van der Waals surface area (Å²) in [5.74, 6) is -1.90. The minimum absolute atomic E-state index is 0.296. The summed E-state index contributed by atoms with van der Waals surface area (Å²) in [4.78, 5) is 38.5. The van der Waals surface area contributed by atoms with Crippen LogP contribution in [0.3, 0.4) is 0 Å². The van der Waals surface area contributed by atoms with Gasteiger partial charge in [-0.05, 0) is 24.3 Å². The fourth-order valence-electron chi connectivity index (χ4n) is 2.27. The van der Waals surface area contributed by atoms with E-state index in [0.717, 1.165) is 9.80 Å². The molecule has 6 heteroatoms. The lowest BCUT2D eigenvalue weighted by molar-refractivity contribution is -0.138. The second-order valence-corrected chi connectivity index (χ2v) is 4.70. The maximum absolute atomic E-state index is 12.6. The smallest absolute Gasteiger partial charge is 0.342 e. The number of hydrogen-bond donors (Lipinski definition) is 1. The zero-order valence-electron chi connectivity index (χ0n) is 11.4. The topological polar surface area (TPSA) is 77.9 Å². The van der Waals surface area contributed by atoms with E-state index in [-0.39, 0.29) is 0 Å². The molecule has 0 bridgehead atoms. The first kappa shape index (κ1) is 14.0. The van der Waals surface area contributed by atoms with Crippen molar-refractivity contribution in [1.29, 1.82) is 0 Å². The van der Waals surface area contributed by atoms with E-state index < -0.39 is 23.9 Å². The van der Waals surface area contributed by atoms with Crippen LogP contribution in [0.1, 0.15) is 0 Å². The molecule has 4 amide bonds. The molecule has 1 fully saturated rings. The van der Waals surface area contributed by atoms with Crippen molar-refractivity contribution < 1.29 is 19.5 Å². The van der Waals surface area contributed by atoms with Gasteiger partial charge in [0.2, 0.25) is 6.10 Å². The lowest BCUT2D eigenvalue weighted by Crippen LogP contribution is -2.63. The molecule has 110 valence electrons. The highest BCUT2D eigenvalue weighted by molar-refractivity contribution is 6.37. The van der Waals surface area contributed by atoms with Gasteiger partial charge >= 0.3 is 6.03 Å². The first-order chi connectivity index (χ1) is 10.6. The van der Waals surface area contributed by atoms with Crippen molar-refractivity contribution in [3.05, 3.63) is 60.7 Å². The minimum atomic E-state index is -1.90. The minimum Gasteiger partial charge on any atom is -0.375 e. The number of aliphatic hydroxyl groups is 1. The van der Waals surface area contributed by atoms with Gasteiger partial charge in [-0.15, -0.1) is 0 Å². The van der Waals surface area contributed by atoms with Crippen molar-refractivity contribution in [2.24, 2.45) is 0 Å². The third-order valence-corrected chi connectivity index (χ3v) is 3.32. The van der Waals surface area contributed by atoms with Crippen LogP contribution in [0.2, 0.25) is 0 Å². The zero-order valence-corrected chi connectivity index (χ0v) is 11.4. The van der Waals surface area contributed by atoms with Crippen molar-refractivity contribution in [3.8, 4) is 0 Å². The number of anilines is 2. The van der Waals surface area contributed by atoms with Crippen molar-refractivity contribution in [3.63, 3.8) is 0 Å². The highest BCUT2D eigenvalue weighted by atomic mass is 16.3. The summed E-state index contributed by atoms with van der Waals surface area (Å²) in [7, 11) is 0. The molecule has 0 spiro atoms. The van der Waals surface area contributed by atoms with Gasteiger partial charge in [0.1, 0.15) is 0 Å². The van der Waals surface area contributed by atoms with E-state index in [1.807, 2.05) is 0 Å². The van der Waals surface area contributed by atoms with Crippen LogP contribution < -0.4 is 9.80 Å². The van der Waals surface area contributed by atoms with Crippen LogP contribution in [0, 0.1) is 0 Å². The second kappa shape index (κ2) is 5.42. The van der Waals surface area contributed by atoms with Crippen LogP contribution >= 0.6 is 0 Å². The van der Waals surface area contributed by atoms with Crippen LogP contribution in [0.4, 0.5) is 16.2 Å². The number of para-hydroxylation sites is 2. The Hall–Kier alpha value is -2.99.